The number of carboxylic acids is 1. The number of amides is 1. The molecule has 8 heteroatoms. The third-order valence-corrected chi connectivity index (χ3v) is 6.02. The lowest BCUT2D eigenvalue weighted by atomic mass is 9.77. The maximum atomic E-state index is 13.4. The molecule has 1 aliphatic carbocycles. The summed E-state index contributed by atoms with van der Waals surface area (Å²) in [4.78, 5) is 25.7. The van der Waals surface area contributed by atoms with Crippen molar-refractivity contribution >= 4 is 23.5 Å². The Bertz CT molecular complexity index is 713. The Balaban J connectivity index is 1.92. The number of rotatable bonds is 3. The average Bonchev–Trinajstić information content (AvgIpc) is 3.23. The van der Waals surface area contributed by atoms with Gasteiger partial charge in [0.2, 0.25) is 5.91 Å². The first kappa shape index (κ1) is 19.0. The van der Waals surface area contributed by atoms with Crippen LogP contribution in [-0.2, 0) is 15.0 Å². The fourth-order valence-corrected chi connectivity index (χ4v) is 4.31. The van der Waals surface area contributed by atoms with Gasteiger partial charge in [0.05, 0.1) is 5.41 Å². The molecule has 2 aliphatic rings. The van der Waals surface area contributed by atoms with Gasteiger partial charge in [0, 0.05) is 18.1 Å². The van der Waals surface area contributed by atoms with Crippen molar-refractivity contribution in [1.29, 1.82) is 0 Å². The first-order valence-electron chi connectivity index (χ1n) is 8.48. The number of alkyl halides is 3. The molecule has 1 N–H and O–H groups in total. The Hall–Kier alpha value is -1.76. The van der Waals surface area contributed by atoms with E-state index < -0.39 is 41.8 Å². The summed E-state index contributed by atoms with van der Waals surface area (Å²) in [6.45, 7) is -1.04. The molecular formula is C18H19ClF3NO3. The van der Waals surface area contributed by atoms with Crippen LogP contribution < -0.4 is 0 Å². The summed E-state index contributed by atoms with van der Waals surface area (Å²) in [5.74, 6) is -2.34. The predicted molar refractivity (Wildman–Crippen MR) is 88.9 cm³/mol. The van der Waals surface area contributed by atoms with E-state index >= 15 is 0 Å². The van der Waals surface area contributed by atoms with Crippen molar-refractivity contribution < 1.29 is 27.9 Å². The number of carboxylic acid groups (broad SMARTS) is 1. The molecule has 1 saturated heterocycles. The highest BCUT2D eigenvalue weighted by molar-refractivity contribution is 6.30. The predicted octanol–water partition coefficient (Wildman–Crippen LogP) is 4.02. The standard InChI is InChI=1S/C18H19ClF3NO3/c19-13-5-3-12(4-6-13)16(7-1-2-8-16)14(24)23-10-9-17(11-23,15(25)26)18(20,21)22/h3-6H,1-2,7-11H2,(H,25,26). The van der Waals surface area contributed by atoms with Crippen molar-refractivity contribution in [1.82, 2.24) is 4.90 Å². The number of aliphatic carboxylic acids is 1. The minimum Gasteiger partial charge on any atom is -0.481 e. The van der Waals surface area contributed by atoms with E-state index in [2.05, 4.69) is 0 Å². The van der Waals surface area contributed by atoms with E-state index in [1.807, 2.05) is 0 Å². The Kier molecular flexibility index (Phi) is 4.71. The quantitative estimate of drug-likeness (QED) is 0.849. The average molecular weight is 390 g/mol. The Labute approximate surface area is 153 Å². The number of carbonyl (C=O) groups is 2. The smallest absolute Gasteiger partial charge is 0.406 e. The molecule has 3 rings (SSSR count). The summed E-state index contributed by atoms with van der Waals surface area (Å²) in [6.07, 6.45) is -2.85. The second-order valence-electron chi connectivity index (χ2n) is 7.16. The van der Waals surface area contributed by atoms with Crippen LogP contribution in [-0.4, -0.2) is 41.1 Å². The van der Waals surface area contributed by atoms with E-state index in [0.717, 1.165) is 23.3 Å². The van der Waals surface area contributed by atoms with Crippen LogP contribution in [0.1, 0.15) is 37.7 Å². The first-order chi connectivity index (χ1) is 12.1. The largest absolute Gasteiger partial charge is 0.481 e. The lowest BCUT2D eigenvalue weighted by molar-refractivity contribution is -0.227. The van der Waals surface area contributed by atoms with Crippen LogP contribution in [0, 0.1) is 5.41 Å². The molecule has 4 nitrogen and oxygen atoms in total. The maximum Gasteiger partial charge on any atom is 0.406 e. The summed E-state index contributed by atoms with van der Waals surface area (Å²) in [5.41, 5.74) is -3.06. The number of nitrogens with zero attached hydrogens (tertiary/aromatic N) is 1. The van der Waals surface area contributed by atoms with Crippen LogP contribution in [0.15, 0.2) is 24.3 Å². The van der Waals surface area contributed by atoms with Crippen molar-refractivity contribution in [3.8, 4) is 0 Å². The molecule has 0 radical (unpaired) electrons. The van der Waals surface area contributed by atoms with E-state index in [4.69, 9.17) is 11.6 Å². The molecule has 0 spiro atoms. The molecule has 1 saturated carbocycles. The molecule has 1 amide bonds. The van der Waals surface area contributed by atoms with Crippen molar-refractivity contribution in [3.05, 3.63) is 34.9 Å². The first-order valence-corrected chi connectivity index (χ1v) is 8.86. The zero-order valence-corrected chi connectivity index (χ0v) is 14.7. The molecule has 0 aromatic heterocycles. The molecule has 1 aromatic carbocycles. The third-order valence-electron chi connectivity index (χ3n) is 5.77. The second-order valence-corrected chi connectivity index (χ2v) is 7.59. The zero-order valence-electron chi connectivity index (χ0n) is 14.0. The monoisotopic (exact) mass is 389 g/mol. The normalized spacial score (nSPS) is 25.5. The highest BCUT2D eigenvalue weighted by atomic mass is 35.5. The van der Waals surface area contributed by atoms with Crippen molar-refractivity contribution in [2.75, 3.05) is 13.1 Å². The maximum absolute atomic E-state index is 13.4. The van der Waals surface area contributed by atoms with Gasteiger partial charge in [-0.25, -0.2) is 0 Å². The van der Waals surface area contributed by atoms with Gasteiger partial charge < -0.3 is 10.0 Å². The fourth-order valence-electron chi connectivity index (χ4n) is 4.19. The molecule has 1 aromatic rings. The topological polar surface area (TPSA) is 57.6 Å². The Morgan fingerprint density at radius 3 is 2.12 bits per heavy atom. The van der Waals surface area contributed by atoms with E-state index in [0.29, 0.717) is 17.9 Å². The number of benzene rings is 1. The van der Waals surface area contributed by atoms with E-state index in [9.17, 15) is 27.9 Å². The summed E-state index contributed by atoms with van der Waals surface area (Å²) < 4.78 is 40.2. The minimum atomic E-state index is -4.91. The number of carbonyl (C=O) groups excluding carboxylic acids is 1. The van der Waals surface area contributed by atoms with Gasteiger partial charge >= 0.3 is 12.1 Å². The van der Waals surface area contributed by atoms with E-state index in [1.54, 1.807) is 24.3 Å². The van der Waals surface area contributed by atoms with Crippen LogP contribution in [0.2, 0.25) is 5.02 Å². The summed E-state index contributed by atoms with van der Waals surface area (Å²) in [6, 6.07) is 6.78. The van der Waals surface area contributed by atoms with Crippen LogP contribution in [0.4, 0.5) is 13.2 Å². The molecule has 142 valence electrons. The van der Waals surface area contributed by atoms with Gasteiger partial charge in [-0.3, -0.25) is 9.59 Å². The highest BCUT2D eigenvalue weighted by Crippen LogP contribution is 2.49. The van der Waals surface area contributed by atoms with E-state index in [1.165, 1.54) is 0 Å². The van der Waals surface area contributed by atoms with Crippen LogP contribution >= 0.6 is 11.6 Å². The SMILES string of the molecule is O=C(N1CCC(C(=O)O)(C(F)(F)F)C1)C1(c2ccc(Cl)cc2)CCCC1. The minimum absolute atomic E-state index is 0.208. The van der Waals surface area contributed by atoms with Crippen molar-refractivity contribution in [2.24, 2.45) is 5.41 Å². The number of hydrogen-bond donors (Lipinski definition) is 1. The van der Waals surface area contributed by atoms with Crippen LogP contribution in [0.5, 0.6) is 0 Å². The van der Waals surface area contributed by atoms with E-state index in [-0.39, 0.29) is 6.54 Å². The van der Waals surface area contributed by atoms with Crippen molar-refractivity contribution in [3.63, 3.8) is 0 Å². The zero-order chi connectivity index (χ0) is 19.2. The summed E-state index contributed by atoms with van der Waals surface area (Å²) >= 11 is 5.91. The number of likely N-dealkylation sites (tertiary alicyclic amines) is 1. The second kappa shape index (κ2) is 6.44. The Morgan fingerprint density at radius 2 is 1.65 bits per heavy atom. The summed E-state index contributed by atoms with van der Waals surface area (Å²) in [7, 11) is 0. The molecule has 1 unspecified atom stereocenters. The lowest BCUT2D eigenvalue weighted by Gasteiger charge is -2.34. The van der Waals surface area contributed by atoms with Gasteiger partial charge in [0.1, 0.15) is 0 Å². The molecule has 0 bridgehead atoms. The number of halogens is 4. The molecule has 26 heavy (non-hydrogen) atoms. The summed E-state index contributed by atoms with van der Waals surface area (Å²) in [5, 5.41) is 9.71. The fraction of sp³-hybridized carbons (Fsp3) is 0.556. The van der Waals surface area contributed by atoms with Crippen LogP contribution in [0.3, 0.4) is 0 Å². The third kappa shape index (κ3) is 2.86. The molecule has 1 heterocycles. The molecule has 2 fully saturated rings. The van der Waals surface area contributed by atoms with Gasteiger partial charge in [-0.2, -0.15) is 13.2 Å². The molecule has 1 atom stereocenters. The highest BCUT2D eigenvalue weighted by Gasteiger charge is 2.65. The lowest BCUT2D eigenvalue weighted by Crippen LogP contribution is -2.50. The molecular weight excluding hydrogens is 371 g/mol. The molecule has 1 aliphatic heterocycles. The van der Waals surface area contributed by atoms with Gasteiger partial charge in [-0.05, 0) is 37.0 Å². The van der Waals surface area contributed by atoms with Gasteiger partial charge in [0.25, 0.3) is 0 Å². The van der Waals surface area contributed by atoms with Gasteiger partial charge in [-0.15, -0.1) is 0 Å². The van der Waals surface area contributed by atoms with Crippen molar-refractivity contribution in [2.45, 2.75) is 43.7 Å². The Morgan fingerprint density at radius 1 is 1.08 bits per heavy atom. The van der Waals surface area contributed by atoms with Gasteiger partial charge in [0.15, 0.2) is 5.41 Å². The number of hydrogen-bond acceptors (Lipinski definition) is 2. The van der Waals surface area contributed by atoms with Crippen LogP contribution in [0.25, 0.3) is 0 Å². The van der Waals surface area contributed by atoms with Gasteiger partial charge in [-0.1, -0.05) is 36.6 Å².